The van der Waals surface area contributed by atoms with Crippen molar-refractivity contribution >= 4 is 27.1 Å². The molecule has 1 aromatic heterocycles. The minimum absolute atomic E-state index is 0.134. The molecule has 4 rings (SSSR count). The molecular weight excluding hydrogens is 456 g/mol. The van der Waals surface area contributed by atoms with Gasteiger partial charge in [0.1, 0.15) is 5.60 Å². The van der Waals surface area contributed by atoms with E-state index < -0.39 is 27.1 Å². The normalized spacial score (nSPS) is 16.9. The van der Waals surface area contributed by atoms with Crippen molar-refractivity contribution in [3.05, 3.63) is 64.6 Å². The Morgan fingerprint density at radius 1 is 1.06 bits per heavy atom. The minimum Gasteiger partial charge on any atom is -0.444 e. The van der Waals surface area contributed by atoms with Gasteiger partial charge in [0.2, 0.25) is 10.0 Å². The first-order valence-electron chi connectivity index (χ1n) is 11.2. The average Bonchev–Trinajstić information content (AvgIpc) is 3.17. The number of carbonyl (C=O) groups excluding carboxylic acids is 1. The highest BCUT2D eigenvalue weighted by Crippen LogP contribution is 2.37. The molecule has 10 heteroatoms. The van der Waals surface area contributed by atoms with E-state index in [1.54, 1.807) is 6.07 Å². The average molecular weight is 487 g/mol. The molecule has 0 saturated carbocycles. The Morgan fingerprint density at radius 2 is 1.71 bits per heavy atom. The zero-order valence-corrected chi connectivity index (χ0v) is 20.4. The standard InChI is InChI=1S/C24H30N4O5S/c1-23(2,3)33-22(30)25-16-24(17-7-5-4-6-8-17)11-13-28(14-12-24)34(31,32)18-9-10-19-20(15-18)27-21(29)26-19/h4-10,15H,11-14,16H2,1-3H3,(H,25,30)(H2,26,27,29). The van der Waals surface area contributed by atoms with Crippen molar-refractivity contribution in [2.24, 2.45) is 0 Å². The molecule has 1 aliphatic rings. The van der Waals surface area contributed by atoms with Crippen molar-refractivity contribution in [3.63, 3.8) is 0 Å². The number of ether oxygens (including phenoxy) is 1. The molecule has 9 nitrogen and oxygen atoms in total. The Bertz CT molecular complexity index is 1330. The summed E-state index contributed by atoms with van der Waals surface area (Å²) < 4.78 is 33.5. The number of H-pyrrole nitrogens is 2. The van der Waals surface area contributed by atoms with E-state index in [0.717, 1.165) is 5.56 Å². The number of alkyl carbamates (subject to hydrolysis) is 1. The molecule has 34 heavy (non-hydrogen) atoms. The summed E-state index contributed by atoms with van der Waals surface area (Å²) in [5, 5.41) is 2.89. The third-order valence-corrected chi connectivity index (χ3v) is 8.06. The number of amides is 1. The molecule has 182 valence electrons. The van der Waals surface area contributed by atoms with Gasteiger partial charge in [0, 0.05) is 25.0 Å². The van der Waals surface area contributed by atoms with Crippen molar-refractivity contribution in [1.29, 1.82) is 0 Å². The number of sulfonamides is 1. The van der Waals surface area contributed by atoms with Gasteiger partial charge in [-0.15, -0.1) is 0 Å². The number of hydrogen-bond donors (Lipinski definition) is 3. The van der Waals surface area contributed by atoms with Crippen LogP contribution in [0.25, 0.3) is 11.0 Å². The van der Waals surface area contributed by atoms with Crippen molar-refractivity contribution in [1.82, 2.24) is 19.6 Å². The van der Waals surface area contributed by atoms with Gasteiger partial charge in [-0.05, 0) is 57.4 Å². The molecule has 3 N–H and O–H groups in total. The molecular formula is C24H30N4O5S. The van der Waals surface area contributed by atoms with Crippen molar-refractivity contribution < 1.29 is 17.9 Å². The molecule has 2 aromatic carbocycles. The van der Waals surface area contributed by atoms with Gasteiger partial charge in [-0.3, -0.25) is 0 Å². The van der Waals surface area contributed by atoms with Crippen LogP contribution < -0.4 is 11.0 Å². The van der Waals surface area contributed by atoms with Crippen molar-refractivity contribution in [3.8, 4) is 0 Å². The number of imidazole rings is 1. The summed E-state index contributed by atoms with van der Waals surface area (Å²) in [6, 6.07) is 14.4. The Labute approximate surface area is 198 Å². The lowest BCUT2D eigenvalue weighted by molar-refractivity contribution is 0.0504. The summed E-state index contributed by atoms with van der Waals surface area (Å²) in [5.74, 6) is 0. The highest BCUT2D eigenvalue weighted by Gasteiger charge is 2.40. The fourth-order valence-corrected chi connectivity index (χ4v) is 5.86. The number of piperidine rings is 1. The molecule has 1 amide bonds. The Balaban J connectivity index is 1.54. The Kier molecular flexibility index (Phi) is 6.30. The molecule has 1 fully saturated rings. The zero-order valence-electron chi connectivity index (χ0n) is 19.6. The van der Waals surface area contributed by atoms with Gasteiger partial charge < -0.3 is 20.0 Å². The van der Waals surface area contributed by atoms with Gasteiger partial charge in [0.05, 0.1) is 15.9 Å². The second kappa shape index (κ2) is 8.92. The molecule has 2 heterocycles. The highest BCUT2D eigenvalue weighted by molar-refractivity contribution is 7.89. The number of aromatic nitrogens is 2. The molecule has 0 unspecified atom stereocenters. The van der Waals surface area contributed by atoms with E-state index in [2.05, 4.69) is 15.3 Å². The quantitative estimate of drug-likeness (QED) is 0.511. The van der Waals surface area contributed by atoms with Gasteiger partial charge >= 0.3 is 11.8 Å². The van der Waals surface area contributed by atoms with E-state index in [4.69, 9.17) is 4.74 Å². The molecule has 0 radical (unpaired) electrons. The second-order valence-electron chi connectivity index (χ2n) is 9.69. The van der Waals surface area contributed by atoms with Gasteiger partial charge in [-0.1, -0.05) is 30.3 Å². The van der Waals surface area contributed by atoms with Crippen LogP contribution >= 0.6 is 0 Å². The first-order chi connectivity index (χ1) is 16.0. The van der Waals surface area contributed by atoms with Crippen molar-refractivity contribution in [2.75, 3.05) is 19.6 Å². The van der Waals surface area contributed by atoms with Crippen LogP contribution in [0.1, 0.15) is 39.2 Å². The zero-order chi connectivity index (χ0) is 24.6. The van der Waals surface area contributed by atoms with Gasteiger partial charge in [-0.2, -0.15) is 4.31 Å². The van der Waals surface area contributed by atoms with Crippen LogP contribution in [0.4, 0.5) is 4.79 Å². The lowest BCUT2D eigenvalue weighted by Gasteiger charge is -2.42. The van der Waals surface area contributed by atoms with Crippen LogP contribution in [0.15, 0.2) is 58.2 Å². The third kappa shape index (κ3) is 5.02. The number of carbonyl (C=O) groups is 1. The first-order valence-corrected chi connectivity index (χ1v) is 12.7. The van der Waals surface area contributed by atoms with E-state index in [-0.39, 0.29) is 10.6 Å². The van der Waals surface area contributed by atoms with E-state index in [9.17, 15) is 18.0 Å². The fourth-order valence-electron chi connectivity index (χ4n) is 4.39. The number of nitrogens with zero attached hydrogens (tertiary/aromatic N) is 1. The van der Waals surface area contributed by atoms with E-state index in [1.807, 2.05) is 51.1 Å². The summed E-state index contributed by atoms with van der Waals surface area (Å²) in [4.78, 5) is 29.2. The summed E-state index contributed by atoms with van der Waals surface area (Å²) in [7, 11) is -3.75. The second-order valence-corrected chi connectivity index (χ2v) is 11.6. The van der Waals surface area contributed by atoms with Crippen LogP contribution in [0.2, 0.25) is 0 Å². The maximum absolute atomic E-state index is 13.3. The molecule has 0 atom stereocenters. The first kappa shape index (κ1) is 24.0. The van der Waals surface area contributed by atoms with Crippen LogP contribution in [-0.4, -0.2) is 54.0 Å². The number of aromatic amines is 2. The topological polar surface area (TPSA) is 124 Å². The van der Waals surface area contributed by atoms with Crippen LogP contribution in [-0.2, 0) is 20.2 Å². The smallest absolute Gasteiger partial charge is 0.407 e. The monoisotopic (exact) mass is 486 g/mol. The van der Waals surface area contributed by atoms with Crippen LogP contribution in [0, 0.1) is 0 Å². The maximum atomic E-state index is 13.3. The lowest BCUT2D eigenvalue weighted by atomic mass is 9.73. The van der Waals surface area contributed by atoms with E-state index in [1.165, 1.54) is 16.4 Å². The minimum atomic E-state index is -3.75. The fraction of sp³-hybridized carbons (Fsp3) is 0.417. The summed E-state index contributed by atoms with van der Waals surface area (Å²) in [6.07, 6.45) is 0.580. The molecule has 1 saturated heterocycles. The van der Waals surface area contributed by atoms with Crippen LogP contribution in [0.5, 0.6) is 0 Å². The maximum Gasteiger partial charge on any atom is 0.407 e. The predicted molar refractivity (Wildman–Crippen MR) is 129 cm³/mol. The lowest BCUT2D eigenvalue weighted by Crippen LogP contribution is -2.50. The van der Waals surface area contributed by atoms with Gasteiger partial charge in [-0.25, -0.2) is 18.0 Å². The number of nitrogens with one attached hydrogen (secondary N) is 3. The van der Waals surface area contributed by atoms with Crippen molar-refractivity contribution in [2.45, 2.75) is 49.5 Å². The Morgan fingerprint density at radius 3 is 2.35 bits per heavy atom. The largest absolute Gasteiger partial charge is 0.444 e. The highest BCUT2D eigenvalue weighted by atomic mass is 32.2. The van der Waals surface area contributed by atoms with E-state index >= 15 is 0 Å². The number of rotatable bonds is 5. The molecule has 3 aromatic rings. The number of hydrogen-bond acceptors (Lipinski definition) is 5. The molecule has 0 bridgehead atoms. The van der Waals surface area contributed by atoms with Gasteiger partial charge in [0.15, 0.2) is 0 Å². The number of benzene rings is 2. The van der Waals surface area contributed by atoms with Gasteiger partial charge in [0.25, 0.3) is 0 Å². The summed E-state index contributed by atoms with van der Waals surface area (Å²) >= 11 is 0. The summed E-state index contributed by atoms with van der Waals surface area (Å²) in [5.41, 5.74) is 0.649. The molecule has 0 aliphatic carbocycles. The number of fused-ring (bicyclic) bond motifs is 1. The summed E-state index contributed by atoms with van der Waals surface area (Å²) in [6.45, 7) is 6.37. The third-order valence-electron chi connectivity index (χ3n) is 6.16. The van der Waals surface area contributed by atoms with E-state index in [0.29, 0.717) is 43.5 Å². The van der Waals surface area contributed by atoms with Crippen LogP contribution in [0.3, 0.4) is 0 Å². The SMILES string of the molecule is CC(C)(C)OC(=O)NCC1(c2ccccc2)CCN(S(=O)(=O)c2ccc3[nH]c(=O)[nH]c3c2)CC1. The molecule has 0 spiro atoms. The predicted octanol–water partition coefficient (Wildman–Crippen LogP) is 3.10. The molecule has 1 aliphatic heterocycles. The Hall–Kier alpha value is -3.11.